The molecular formula is C26H20N2. The zero-order valence-corrected chi connectivity index (χ0v) is 15.6. The van der Waals surface area contributed by atoms with Gasteiger partial charge >= 0.3 is 0 Å². The van der Waals surface area contributed by atoms with E-state index in [4.69, 9.17) is 4.98 Å². The van der Waals surface area contributed by atoms with E-state index < -0.39 is 0 Å². The molecule has 3 aromatic carbocycles. The maximum Gasteiger partial charge on any atom is 0.159 e. The highest BCUT2D eigenvalue weighted by atomic mass is 14.8. The van der Waals surface area contributed by atoms with Gasteiger partial charge in [0.2, 0.25) is 0 Å². The predicted octanol–water partition coefficient (Wildman–Crippen LogP) is 6.40. The fraction of sp³-hybridized carbons (Fsp3) is 0.154. The molecular weight excluding hydrogens is 340 g/mol. The van der Waals surface area contributed by atoms with Gasteiger partial charge in [-0.25, -0.2) is 9.97 Å². The first-order chi connectivity index (χ1) is 13.9. The van der Waals surface area contributed by atoms with E-state index in [1.54, 1.807) is 0 Å². The number of aryl methyl sites for hydroxylation is 1. The first-order valence-electron chi connectivity index (χ1n) is 10.0. The minimum Gasteiger partial charge on any atom is -0.237 e. The van der Waals surface area contributed by atoms with Crippen LogP contribution in [0.4, 0.5) is 0 Å². The van der Waals surface area contributed by atoms with Gasteiger partial charge in [-0.3, -0.25) is 0 Å². The van der Waals surface area contributed by atoms with Gasteiger partial charge in [0.25, 0.3) is 0 Å². The summed E-state index contributed by atoms with van der Waals surface area (Å²) in [4.78, 5) is 9.44. The molecule has 2 aromatic heterocycles. The van der Waals surface area contributed by atoms with Crippen LogP contribution < -0.4 is 0 Å². The van der Waals surface area contributed by atoms with Gasteiger partial charge in [-0.05, 0) is 76.2 Å². The quantitative estimate of drug-likeness (QED) is 0.323. The van der Waals surface area contributed by atoms with Crippen LogP contribution in [0, 0.1) is 0 Å². The largest absolute Gasteiger partial charge is 0.237 e. The van der Waals surface area contributed by atoms with Gasteiger partial charge in [0.1, 0.15) is 0 Å². The molecule has 2 heterocycles. The van der Waals surface area contributed by atoms with Crippen molar-refractivity contribution in [2.45, 2.75) is 25.2 Å². The van der Waals surface area contributed by atoms with E-state index >= 15 is 0 Å². The van der Waals surface area contributed by atoms with Crippen LogP contribution >= 0.6 is 0 Å². The third-order valence-corrected chi connectivity index (χ3v) is 6.19. The summed E-state index contributed by atoms with van der Waals surface area (Å²) >= 11 is 0. The minimum atomic E-state index is 0.333. The summed E-state index contributed by atoms with van der Waals surface area (Å²) in [6.45, 7) is 0. The molecule has 0 amide bonds. The Labute approximate surface area is 163 Å². The topological polar surface area (TPSA) is 25.8 Å². The molecule has 134 valence electrons. The van der Waals surface area contributed by atoms with Crippen LogP contribution in [0.5, 0.6) is 0 Å². The van der Waals surface area contributed by atoms with E-state index in [1.807, 2.05) is 12.3 Å². The number of fused-ring (bicyclic) bond motifs is 6. The number of hydrogen-bond acceptors (Lipinski definition) is 2. The van der Waals surface area contributed by atoms with Crippen LogP contribution in [0.15, 0.2) is 79.0 Å². The van der Waals surface area contributed by atoms with Crippen LogP contribution in [-0.2, 0) is 6.42 Å². The lowest BCUT2D eigenvalue weighted by Gasteiger charge is -2.27. The summed E-state index contributed by atoms with van der Waals surface area (Å²) in [6, 6.07) is 26.3. The first-order valence-corrected chi connectivity index (χ1v) is 10.0. The second kappa shape index (κ2) is 6.13. The minimum absolute atomic E-state index is 0.333. The normalized spacial score (nSPS) is 16.5. The lowest BCUT2D eigenvalue weighted by atomic mass is 9.78. The van der Waals surface area contributed by atoms with Crippen LogP contribution in [-0.4, -0.2) is 9.97 Å². The molecule has 0 saturated heterocycles. The standard InChI is InChI=1S/C26H20N2/c1-2-8-20-17(5-1)10-14-22-21(20)13-11-18-6-3-9-23(25(18)22)24-15-12-19-7-4-16-27-26(19)28-24/h1-2,4-5,7-8,10-16,23H,3,6,9H2. The van der Waals surface area contributed by atoms with E-state index in [-0.39, 0.29) is 0 Å². The van der Waals surface area contributed by atoms with Crippen molar-refractivity contribution in [3.05, 3.63) is 95.8 Å². The van der Waals surface area contributed by atoms with Crippen LogP contribution in [0.1, 0.15) is 35.6 Å². The molecule has 0 spiro atoms. The Bertz CT molecular complexity index is 1350. The fourth-order valence-corrected chi connectivity index (χ4v) is 4.88. The van der Waals surface area contributed by atoms with E-state index in [2.05, 4.69) is 71.7 Å². The molecule has 0 radical (unpaired) electrons. The maximum absolute atomic E-state index is 4.96. The van der Waals surface area contributed by atoms with Crippen molar-refractivity contribution in [3.63, 3.8) is 0 Å². The molecule has 2 heteroatoms. The highest BCUT2D eigenvalue weighted by Crippen LogP contribution is 2.42. The number of hydrogen-bond donors (Lipinski definition) is 0. The third-order valence-electron chi connectivity index (χ3n) is 6.19. The Morgan fingerprint density at radius 1 is 0.714 bits per heavy atom. The van der Waals surface area contributed by atoms with Crippen LogP contribution in [0.3, 0.4) is 0 Å². The van der Waals surface area contributed by atoms with Crippen molar-refractivity contribution in [2.75, 3.05) is 0 Å². The first kappa shape index (κ1) is 15.8. The van der Waals surface area contributed by atoms with Crippen molar-refractivity contribution in [1.29, 1.82) is 0 Å². The van der Waals surface area contributed by atoms with Gasteiger partial charge in [0, 0.05) is 17.5 Å². The Hall–Kier alpha value is -3.26. The Morgan fingerprint density at radius 3 is 2.57 bits per heavy atom. The number of rotatable bonds is 1. The van der Waals surface area contributed by atoms with E-state index in [0.29, 0.717) is 5.92 Å². The highest BCUT2D eigenvalue weighted by molar-refractivity contribution is 6.09. The molecule has 1 aliphatic carbocycles. The summed E-state index contributed by atoms with van der Waals surface area (Å²) in [6.07, 6.45) is 5.33. The Morgan fingerprint density at radius 2 is 1.57 bits per heavy atom. The third kappa shape index (κ3) is 2.34. The van der Waals surface area contributed by atoms with E-state index in [9.17, 15) is 0 Å². The van der Waals surface area contributed by atoms with Crippen molar-refractivity contribution in [3.8, 4) is 0 Å². The molecule has 0 fully saturated rings. The Balaban J connectivity index is 1.62. The molecule has 1 atom stereocenters. The Kier molecular flexibility index (Phi) is 3.45. The second-order valence-electron chi connectivity index (χ2n) is 7.75. The zero-order chi connectivity index (χ0) is 18.5. The summed E-state index contributed by atoms with van der Waals surface area (Å²) in [5.41, 5.74) is 4.94. The summed E-state index contributed by atoms with van der Waals surface area (Å²) in [7, 11) is 0. The van der Waals surface area contributed by atoms with Crippen molar-refractivity contribution in [2.24, 2.45) is 0 Å². The maximum atomic E-state index is 4.96. The monoisotopic (exact) mass is 360 g/mol. The second-order valence-corrected chi connectivity index (χ2v) is 7.75. The molecule has 5 aromatic rings. The average Bonchev–Trinajstić information content (AvgIpc) is 2.78. The smallest absolute Gasteiger partial charge is 0.159 e. The van der Waals surface area contributed by atoms with Crippen molar-refractivity contribution < 1.29 is 0 Å². The fourth-order valence-electron chi connectivity index (χ4n) is 4.88. The molecule has 6 rings (SSSR count). The zero-order valence-electron chi connectivity index (χ0n) is 15.6. The van der Waals surface area contributed by atoms with Crippen molar-refractivity contribution in [1.82, 2.24) is 9.97 Å². The molecule has 2 nitrogen and oxygen atoms in total. The number of pyridine rings is 2. The summed E-state index contributed by atoms with van der Waals surface area (Å²) in [5, 5.41) is 6.47. The van der Waals surface area contributed by atoms with Gasteiger partial charge in [-0.2, -0.15) is 0 Å². The van der Waals surface area contributed by atoms with Gasteiger partial charge in [0.15, 0.2) is 5.65 Å². The molecule has 1 unspecified atom stereocenters. The molecule has 1 aliphatic rings. The summed E-state index contributed by atoms with van der Waals surface area (Å²) < 4.78 is 0. The van der Waals surface area contributed by atoms with Crippen LogP contribution in [0.25, 0.3) is 32.6 Å². The molecule has 0 saturated carbocycles. The van der Waals surface area contributed by atoms with Gasteiger partial charge in [-0.1, -0.05) is 48.5 Å². The number of nitrogens with zero attached hydrogens (tertiary/aromatic N) is 2. The summed E-state index contributed by atoms with van der Waals surface area (Å²) in [5.74, 6) is 0.333. The van der Waals surface area contributed by atoms with Crippen LogP contribution in [0.2, 0.25) is 0 Å². The van der Waals surface area contributed by atoms with E-state index in [1.165, 1.54) is 39.1 Å². The van der Waals surface area contributed by atoms with E-state index in [0.717, 1.165) is 29.6 Å². The number of benzene rings is 3. The molecule has 0 aliphatic heterocycles. The SMILES string of the molecule is c1cnc2nc(C3CCCc4ccc5c(ccc6ccccc65)c43)ccc2c1. The van der Waals surface area contributed by atoms with Gasteiger partial charge in [0.05, 0.1) is 5.69 Å². The highest BCUT2D eigenvalue weighted by Gasteiger charge is 2.25. The van der Waals surface area contributed by atoms with Gasteiger partial charge < -0.3 is 0 Å². The number of aromatic nitrogens is 2. The molecule has 0 N–H and O–H groups in total. The predicted molar refractivity (Wildman–Crippen MR) is 116 cm³/mol. The molecule has 0 bridgehead atoms. The molecule has 28 heavy (non-hydrogen) atoms. The lowest BCUT2D eigenvalue weighted by Crippen LogP contribution is -2.13. The average molecular weight is 360 g/mol. The van der Waals surface area contributed by atoms with Gasteiger partial charge in [-0.15, -0.1) is 0 Å². The van der Waals surface area contributed by atoms with Crippen molar-refractivity contribution >= 4 is 32.6 Å². The lowest BCUT2D eigenvalue weighted by molar-refractivity contribution is 0.610.